The Balaban J connectivity index is 2.17. The molecule has 1 aliphatic heterocycles. The van der Waals surface area contributed by atoms with Crippen LogP contribution in [0.4, 0.5) is 5.69 Å². The van der Waals surface area contributed by atoms with Crippen molar-refractivity contribution in [2.24, 2.45) is 0 Å². The third kappa shape index (κ3) is 3.10. The zero-order valence-corrected chi connectivity index (χ0v) is 14.4. The van der Waals surface area contributed by atoms with Gasteiger partial charge in [-0.25, -0.2) is 8.42 Å². The maximum Gasteiger partial charge on any atom is 0.229 e. The summed E-state index contributed by atoms with van der Waals surface area (Å²) in [5.74, 6) is 1.46. The number of anilines is 1. The van der Waals surface area contributed by atoms with E-state index in [0.717, 1.165) is 34.4 Å². The predicted octanol–water partition coefficient (Wildman–Crippen LogP) is 3.74. The molecule has 2 aromatic carbocycles. The second-order valence-electron chi connectivity index (χ2n) is 5.64. The van der Waals surface area contributed by atoms with Gasteiger partial charge in [0.2, 0.25) is 10.0 Å². The van der Waals surface area contributed by atoms with Crippen molar-refractivity contribution < 1.29 is 17.9 Å². The summed E-state index contributed by atoms with van der Waals surface area (Å²) >= 11 is 0. The molecule has 0 bridgehead atoms. The first-order chi connectivity index (χ1) is 11.4. The fourth-order valence-corrected chi connectivity index (χ4v) is 3.48. The number of fused-ring (bicyclic) bond motifs is 3. The average Bonchev–Trinajstić information content (AvgIpc) is 2.53. The minimum Gasteiger partial charge on any atom is -0.496 e. The Kier molecular flexibility index (Phi) is 4.24. The molecule has 0 aromatic heterocycles. The zero-order valence-electron chi connectivity index (χ0n) is 13.6. The van der Waals surface area contributed by atoms with Crippen molar-refractivity contribution in [3.05, 3.63) is 54.6 Å². The molecule has 5 nitrogen and oxygen atoms in total. The highest BCUT2D eigenvalue weighted by Crippen LogP contribution is 2.48. The van der Waals surface area contributed by atoms with Crippen molar-refractivity contribution >= 4 is 15.7 Å². The highest BCUT2D eigenvalue weighted by Gasteiger charge is 2.28. The van der Waals surface area contributed by atoms with Crippen LogP contribution in [0.15, 0.2) is 49.1 Å². The third-order valence-electron chi connectivity index (χ3n) is 3.83. The Morgan fingerprint density at radius 3 is 2.79 bits per heavy atom. The number of rotatable bonds is 5. The third-order valence-corrected chi connectivity index (χ3v) is 4.44. The van der Waals surface area contributed by atoms with Crippen LogP contribution >= 0.6 is 0 Å². The smallest absolute Gasteiger partial charge is 0.229 e. The van der Waals surface area contributed by atoms with E-state index in [9.17, 15) is 8.42 Å². The van der Waals surface area contributed by atoms with Gasteiger partial charge in [-0.05, 0) is 29.8 Å². The molecule has 3 rings (SSSR count). The molecule has 0 amide bonds. The Morgan fingerprint density at radius 2 is 2.12 bits per heavy atom. The average molecular weight is 345 g/mol. The lowest BCUT2D eigenvalue weighted by molar-refractivity contribution is 0.205. The summed E-state index contributed by atoms with van der Waals surface area (Å²) in [6, 6.07) is 11.1. The van der Waals surface area contributed by atoms with Crippen LogP contribution < -0.4 is 14.2 Å². The summed E-state index contributed by atoms with van der Waals surface area (Å²) in [6.45, 7) is 3.78. The molecule has 1 aliphatic rings. The van der Waals surface area contributed by atoms with E-state index in [2.05, 4.69) is 11.3 Å². The molecule has 1 N–H and O–H groups in total. The Labute approximate surface area is 142 Å². The quantitative estimate of drug-likeness (QED) is 0.839. The fraction of sp³-hybridized carbons (Fsp3) is 0.222. The topological polar surface area (TPSA) is 64.6 Å². The van der Waals surface area contributed by atoms with Crippen LogP contribution in [0.1, 0.15) is 18.1 Å². The number of methoxy groups -OCH3 is 1. The minimum atomic E-state index is -3.34. The van der Waals surface area contributed by atoms with Crippen molar-refractivity contribution in [3.8, 4) is 22.6 Å². The highest BCUT2D eigenvalue weighted by molar-refractivity contribution is 7.92. The lowest BCUT2D eigenvalue weighted by atomic mass is 9.90. The largest absolute Gasteiger partial charge is 0.496 e. The van der Waals surface area contributed by atoms with Crippen molar-refractivity contribution in [3.63, 3.8) is 0 Å². The Hall–Kier alpha value is -2.47. The van der Waals surface area contributed by atoms with E-state index in [4.69, 9.17) is 9.47 Å². The number of benzene rings is 2. The number of nitrogens with one attached hydrogen (secondary N) is 1. The normalized spacial score (nSPS) is 15.7. The molecule has 0 aliphatic carbocycles. The van der Waals surface area contributed by atoms with Crippen LogP contribution in [0, 0.1) is 0 Å². The maximum atomic E-state index is 11.5. The minimum absolute atomic E-state index is 0.224. The van der Waals surface area contributed by atoms with Crippen LogP contribution in [0.3, 0.4) is 0 Å². The van der Waals surface area contributed by atoms with Crippen molar-refractivity contribution in [1.82, 2.24) is 0 Å². The van der Waals surface area contributed by atoms with Gasteiger partial charge in [-0.15, -0.1) is 6.58 Å². The summed E-state index contributed by atoms with van der Waals surface area (Å²) in [7, 11) is -1.73. The summed E-state index contributed by atoms with van der Waals surface area (Å²) in [4.78, 5) is 0. The zero-order chi connectivity index (χ0) is 17.3. The number of sulfonamides is 1. The summed E-state index contributed by atoms with van der Waals surface area (Å²) < 4.78 is 37.1. The number of hydrogen-bond acceptors (Lipinski definition) is 4. The molecule has 0 radical (unpaired) electrons. The van der Waals surface area contributed by atoms with E-state index in [1.807, 2.05) is 24.3 Å². The number of hydrogen-bond donors (Lipinski definition) is 1. The molecule has 0 saturated heterocycles. The fourth-order valence-electron chi connectivity index (χ4n) is 2.92. The van der Waals surface area contributed by atoms with Gasteiger partial charge in [-0.2, -0.15) is 0 Å². The van der Waals surface area contributed by atoms with Gasteiger partial charge in [-0.3, -0.25) is 4.72 Å². The maximum absolute atomic E-state index is 11.5. The molecule has 0 fully saturated rings. The molecule has 0 saturated carbocycles. The van der Waals surface area contributed by atoms with E-state index in [0.29, 0.717) is 12.1 Å². The van der Waals surface area contributed by atoms with Crippen LogP contribution in [0.5, 0.6) is 11.5 Å². The SMILES string of the molecule is C=CCC1Oc2cccc(OC)c2-c2ccc(NS(C)(=O)=O)cc21. The standard InChI is InChI=1S/C18H19NO4S/c1-4-6-15-14-11-12(19-24(3,20)21)9-10-13(14)18-16(22-2)7-5-8-17(18)23-15/h4-5,7-11,15,19H,1,6H2,2-3H3. The molecule has 1 atom stereocenters. The summed E-state index contributed by atoms with van der Waals surface area (Å²) in [5, 5.41) is 0. The summed E-state index contributed by atoms with van der Waals surface area (Å²) in [5.41, 5.74) is 3.26. The summed E-state index contributed by atoms with van der Waals surface area (Å²) in [6.07, 6.45) is 3.31. The van der Waals surface area contributed by atoms with Gasteiger partial charge in [-0.1, -0.05) is 18.2 Å². The lowest BCUT2D eigenvalue weighted by Gasteiger charge is -2.29. The molecular weight excluding hydrogens is 326 g/mol. The van der Waals surface area contributed by atoms with Crippen LogP contribution in [0.2, 0.25) is 0 Å². The van der Waals surface area contributed by atoms with Crippen molar-refractivity contribution in [2.75, 3.05) is 18.1 Å². The monoisotopic (exact) mass is 345 g/mol. The Bertz CT molecular complexity index is 890. The van der Waals surface area contributed by atoms with Crippen LogP contribution in [-0.2, 0) is 10.0 Å². The molecule has 2 aromatic rings. The van der Waals surface area contributed by atoms with Crippen LogP contribution in [-0.4, -0.2) is 21.8 Å². The van der Waals surface area contributed by atoms with Crippen molar-refractivity contribution in [1.29, 1.82) is 0 Å². The molecule has 126 valence electrons. The lowest BCUT2D eigenvalue weighted by Crippen LogP contribution is -2.15. The molecular formula is C18H19NO4S. The van der Waals surface area contributed by atoms with E-state index in [1.165, 1.54) is 0 Å². The first-order valence-electron chi connectivity index (χ1n) is 7.49. The van der Waals surface area contributed by atoms with E-state index < -0.39 is 10.0 Å². The first-order valence-corrected chi connectivity index (χ1v) is 9.38. The Morgan fingerprint density at radius 1 is 1.33 bits per heavy atom. The second kappa shape index (κ2) is 6.20. The van der Waals surface area contributed by atoms with E-state index >= 15 is 0 Å². The van der Waals surface area contributed by atoms with Crippen LogP contribution in [0.25, 0.3) is 11.1 Å². The predicted molar refractivity (Wildman–Crippen MR) is 95.1 cm³/mol. The van der Waals surface area contributed by atoms with Crippen molar-refractivity contribution in [2.45, 2.75) is 12.5 Å². The molecule has 1 heterocycles. The molecule has 1 unspecified atom stereocenters. The van der Waals surface area contributed by atoms with E-state index in [-0.39, 0.29) is 6.10 Å². The van der Waals surface area contributed by atoms with Gasteiger partial charge in [0.05, 0.1) is 18.9 Å². The van der Waals surface area contributed by atoms with Gasteiger partial charge in [0.25, 0.3) is 0 Å². The molecule has 24 heavy (non-hydrogen) atoms. The van der Waals surface area contributed by atoms with Gasteiger partial charge < -0.3 is 9.47 Å². The first kappa shape index (κ1) is 16.4. The second-order valence-corrected chi connectivity index (χ2v) is 7.39. The van der Waals surface area contributed by atoms with Gasteiger partial charge in [0, 0.05) is 17.7 Å². The van der Waals surface area contributed by atoms with Gasteiger partial charge in [0.15, 0.2) is 0 Å². The van der Waals surface area contributed by atoms with Gasteiger partial charge in [0.1, 0.15) is 17.6 Å². The molecule has 0 spiro atoms. The number of ether oxygens (including phenoxy) is 2. The van der Waals surface area contributed by atoms with E-state index in [1.54, 1.807) is 25.3 Å². The molecule has 6 heteroatoms. The highest BCUT2D eigenvalue weighted by atomic mass is 32.2. The van der Waals surface area contributed by atoms with Gasteiger partial charge >= 0.3 is 0 Å².